The van der Waals surface area contributed by atoms with Gasteiger partial charge in [-0.05, 0) is 38.5 Å². The fraction of sp³-hybridized carbons (Fsp3) is 0.529. The summed E-state index contributed by atoms with van der Waals surface area (Å²) in [5.41, 5.74) is -0.0212. The van der Waals surface area contributed by atoms with Crippen LogP contribution < -0.4 is 4.74 Å². The maximum absolute atomic E-state index is 12.4. The molecule has 1 N–H and O–H groups in total. The van der Waals surface area contributed by atoms with Crippen molar-refractivity contribution in [3.8, 4) is 11.8 Å². The number of phosphoric ester groups is 1. The van der Waals surface area contributed by atoms with E-state index in [1.807, 2.05) is 0 Å². The molecule has 1 fully saturated rings. The zero-order chi connectivity index (χ0) is 19.1. The third-order valence-electron chi connectivity index (χ3n) is 4.73. The minimum Gasteiger partial charge on any atom is -0.485 e. The van der Waals surface area contributed by atoms with Gasteiger partial charge in [0.05, 0.1) is 17.7 Å². The number of carbonyl (C=O) groups is 1. The van der Waals surface area contributed by atoms with Crippen LogP contribution in [0.25, 0.3) is 0 Å². The van der Waals surface area contributed by atoms with Gasteiger partial charge in [-0.25, -0.2) is 4.57 Å². The number of carbonyl (C=O) groups excluding carboxylic acids is 1. The van der Waals surface area contributed by atoms with E-state index in [0.29, 0.717) is 36.3 Å². The summed E-state index contributed by atoms with van der Waals surface area (Å²) in [4.78, 5) is 23.9. The summed E-state index contributed by atoms with van der Waals surface area (Å²) < 4.78 is 28.1. The minimum atomic E-state index is -4.33. The molecule has 1 amide bonds. The highest BCUT2D eigenvalue weighted by atomic mass is 31.2. The Hall–Kier alpha value is -1.91. The average molecular weight is 380 g/mol. The highest BCUT2D eigenvalue weighted by molar-refractivity contribution is 7.47. The lowest BCUT2D eigenvalue weighted by Crippen LogP contribution is -2.54. The highest BCUT2D eigenvalue weighted by Crippen LogP contribution is 2.53. The Kier molecular flexibility index (Phi) is 4.84. The van der Waals surface area contributed by atoms with E-state index in [0.717, 1.165) is 7.11 Å². The van der Waals surface area contributed by atoms with Crippen LogP contribution in [-0.2, 0) is 18.4 Å². The van der Waals surface area contributed by atoms with Gasteiger partial charge in [0, 0.05) is 25.6 Å². The van der Waals surface area contributed by atoms with Crippen molar-refractivity contribution in [1.82, 2.24) is 4.90 Å². The molecule has 0 radical (unpaired) electrons. The third-order valence-corrected chi connectivity index (χ3v) is 5.68. The average Bonchev–Trinajstić information content (AvgIpc) is 3.00. The van der Waals surface area contributed by atoms with Crippen LogP contribution in [0.15, 0.2) is 18.2 Å². The second-order valence-electron chi connectivity index (χ2n) is 6.88. The van der Waals surface area contributed by atoms with Gasteiger partial charge in [0.15, 0.2) is 0 Å². The fourth-order valence-electron chi connectivity index (χ4n) is 3.49. The number of likely N-dealkylation sites (tertiary alicyclic amines) is 1. The molecule has 8 nitrogen and oxygen atoms in total. The summed E-state index contributed by atoms with van der Waals surface area (Å²) in [6, 6.07) is 6.34. The van der Waals surface area contributed by atoms with Gasteiger partial charge in [-0.1, -0.05) is 0 Å². The number of hydrogen-bond acceptors (Lipinski definition) is 6. The Morgan fingerprint density at radius 1 is 1.46 bits per heavy atom. The Balaban J connectivity index is 2.15. The van der Waals surface area contributed by atoms with Crippen molar-refractivity contribution >= 4 is 13.7 Å². The first-order valence-electron chi connectivity index (χ1n) is 8.28. The first-order chi connectivity index (χ1) is 12.2. The molecule has 140 valence electrons. The van der Waals surface area contributed by atoms with Gasteiger partial charge in [-0.2, -0.15) is 5.26 Å². The van der Waals surface area contributed by atoms with E-state index in [-0.39, 0.29) is 5.91 Å². The van der Waals surface area contributed by atoms with Crippen molar-refractivity contribution in [3.05, 3.63) is 29.3 Å². The van der Waals surface area contributed by atoms with E-state index in [4.69, 9.17) is 9.26 Å². The monoisotopic (exact) mass is 380 g/mol. The number of hydrogen-bond donors (Lipinski definition) is 1. The molecular weight excluding hydrogens is 359 g/mol. The first kappa shape index (κ1) is 18.9. The number of nitriles is 1. The molecule has 26 heavy (non-hydrogen) atoms. The number of phosphoric acid groups is 1. The van der Waals surface area contributed by atoms with E-state index in [1.165, 1.54) is 0 Å². The van der Waals surface area contributed by atoms with E-state index in [2.05, 4.69) is 10.6 Å². The Labute approximate surface area is 151 Å². The molecule has 2 aliphatic rings. The molecule has 2 heterocycles. The highest BCUT2D eigenvalue weighted by Gasteiger charge is 2.51. The molecule has 0 aromatic heterocycles. The fourth-order valence-corrected chi connectivity index (χ4v) is 4.23. The Morgan fingerprint density at radius 2 is 2.19 bits per heavy atom. The molecule has 2 aliphatic heterocycles. The van der Waals surface area contributed by atoms with Crippen molar-refractivity contribution < 1.29 is 28.0 Å². The van der Waals surface area contributed by atoms with Crippen LogP contribution in [0, 0.1) is 11.3 Å². The summed E-state index contributed by atoms with van der Waals surface area (Å²) in [5, 5.41) is 9.23. The van der Waals surface area contributed by atoms with Gasteiger partial charge in [-0.15, -0.1) is 0 Å². The zero-order valence-corrected chi connectivity index (χ0v) is 15.7. The number of rotatable bonds is 4. The predicted molar refractivity (Wildman–Crippen MR) is 91.3 cm³/mol. The Bertz CT molecular complexity index is 818. The summed E-state index contributed by atoms with van der Waals surface area (Å²) >= 11 is 0. The van der Waals surface area contributed by atoms with E-state index in [9.17, 15) is 19.5 Å². The lowest BCUT2D eigenvalue weighted by molar-refractivity contribution is -0.139. The standard InChI is InChI=1S/C17H21N2O6P/c1-17(2)16(25-26(21,22)23-3)15(19-8-4-5-14(19)20)12-9-11(10-18)6-7-13(12)24-17/h6-7,9,15-16H,4-5,8H2,1-3H3,(H,21,22)/t15-,16+/m1/s1. The largest absolute Gasteiger partial charge is 0.485 e. The summed E-state index contributed by atoms with van der Waals surface area (Å²) in [7, 11) is -3.25. The second kappa shape index (κ2) is 6.67. The lowest BCUT2D eigenvalue weighted by Gasteiger charge is -2.47. The smallest absolute Gasteiger partial charge is 0.472 e. The van der Waals surface area contributed by atoms with Crippen LogP contribution in [-0.4, -0.2) is 41.1 Å². The number of amides is 1. The second-order valence-corrected chi connectivity index (χ2v) is 8.40. The molecule has 0 bridgehead atoms. The number of nitrogens with zero attached hydrogens (tertiary/aromatic N) is 2. The van der Waals surface area contributed by atoms with Gasteiger partial charge in [-0.3, -0.25) is 13.8 Å². The Morgan fingerprint density at radius 3 is 2.77 bits per heavy atom. The van der Waals surface area contributed by atoms with Gasteiger partial charge in [0.2, 0.25) is 5.91 Å². The normalized spacial score (nSPS) is 26.6. The number of ether oxygens (including phenoxy) is 1. The first-order valence-corrected chi connectivity index (χ1v) is 9.77. The van der Waals surface area contributed by atoms with Gasteiger partial charge in [0.25, 0.3) is 0 Å². The predicted octanol–water partition coefficient (Wildman–Crippen LogP) is 2.52. The quantitative estimate of drug-likeness (QED) is 0.800. The zero-order valence-electron chi connectivity index (χ0n) is 14.8. The molecule has 0 saturated carbocycles. The molecule has 9 heteroatoms. The SMILES string of the molecule is COP(=O)(O)O[C@H]1[C@H](N2CCCC2=O)c2cc(C#N)ccc2OC1(C)C. The van der Waals surface area contributed by atoms with Gasteiger partial charge in [0.1, 0.15) is 17.5 Å². The van der Waals surface area contributed by atoms with Crippen LogP contribution in [0.2, 0.25) is 0 Å². The van der Waals surface area contributed by atoms with Crippen molar-refractivity contribution in [2.45, 2.75) is 44.4 Å². The molecule has 0 aliphatic carbocycles. The topological polar surface area (TPSA) is 109 Å². The summed E-state index contributed by atoms with van der Waals surface area (Å²) in [6.45, 7) is 3.95. The van der Waals surface area contributed by atoms with Crippen LogP contribution in [0.1, 0.15) is 43.9 Å². The van der Waals surface area contributed by atoms with Crippen molar-refractivity contribution in [2.75, 3.05) is 13.7 Å². The molecule has 0 spiro atoms. The molecule has 3 rings (SSSR count). The van der Waals surface area contributed by atoms with E-state index >= 15 is 0 Å². The van der Waals surface area contributed by atoms with Gasteiger partial charge >= 0.3 is 7.82 Å². The number of benzene rings is 1. The molecule has 1 unspecified atom stereocenters. The molecule has 1 aromatic rings. The van der Waals surface area contributed by atoms with Crippen LogP contribution in [0.3, 0.4) is 0 Å². The van der Waals surface area contributed by atoms with E-state index in [1.54, 1.807) is 36.9 Å². The molecular formula is C17H21N2O6P. The van der Waals surface area contributed by atoms with Crippen molar-refractivity contribution in [1.29, 1.82) is 5.26 Å². The van der Waals surface area contributed by atoms with Gasteiger partial charge < -0.3 is 14.5 Å². The maximum atomic E-state index is 12.4. The minimum absolute atomic E-state index is 0.0696. The molecule has 1 saturated heterocycles. The molecule has 1 aromatic carbocycles. The lowest BCUT2D eigenvalue weighted by atomic mass is 9.85. The summed E-state index contributed by atoms with van der Waals surface area (Å²) in [6.07, 6.45) is 0.137. The maximum Gasteiger partial charge on any atom is 0.472 e. The third kappa shape index (κ3) is 3.36. The number of fused-ring (bicyclic) bond motifs is 1. The van der Waals surface area contributed by atoms with Crippen molar-refractivity contribution in [3.63, 3.8) is 0 Å². The van der Waals surface area contributed by atoms with Crippen LogP contribution in [0.4, 0.5) is 0 Å². The van der Waals surface area contributed by atoms with Crippen molar-refractivity contribution in [2.24, 2.45) is 0 Å². The summed E-state index contributed by atoms with van der Waals surface area (Å²) in [5.74, 6) is 0.448. The molecule has 3 atom stereocenters. The van der Waals surface area contributed by atoms with E-state index < -0.39 is 25.6 Å². The van der Waals surface area contributed by atoms with Crippen LogP contribution in [0.5, 0.6) is 5.75 Å². The van der Waals surface area contributed by atoms with Crippen LogP contribution >= 0.6 is 7.82 Å².